The molecule has 0 saturated heterocycles. The smallest absolute Gasteiger partial charge is 0.202 e. The van der Waals surface area contributed by atoms with Gasteiger partial charge in [-0.15, -0.1) is 11.3 Å². The Kier molecular flexibility index (Phi) is 4.60. The minimum absolute atomic E-state index is 0.0600. The molecule has 0 saturated carbocycles. The third-order valence-electron chi connectivity index (χ3n) is 3.12. The van der Waals surface area contributed by atoms with Crippen LogP contribution in [-0.2, 0) is 0 Å². The molecule has 2 aromatic heterocycles. The minimum atomic E-state index is -0.225. The molecule has 7 heteroatoms. The number of aromatic hydroxyl groups is 1. The lowest BCUT2D eigenvalue weighted by Crippen LogP contribution is -1.97. The zero-order valence-electron chi connectivity index (χ0n) is 11.4. The van der Waals surface area contributed by atoms with E-state index >= 15 is 0 Å². The van der Waals surface area contributed by atoms with Gasteiger partial charge >= 0.3 is 0 Å². The van der Waals surface area contributed by atoms with E-state index in [1.54, 1.807) is 36.4 Å². The molecule has 0 aliphatic heterocycles. The molecule has 0 bridgehead atoms. The molecular weight excluding hydrogens is 377 g/mol. The van der Waals surface area contributed by atoms with E-state index in [2.05, 4.69) is 4.98 Å². The highest BCUT2D eigenvalue weighted by molar-refractivity contribution is 7.17. The van der Waals surface area contributed by atoms with Crippen LogP contribution in [0.4, 0.5) is 0 Å². The van der Waals surface area contributed by atoms with Crippen LogP contribution in [0.15, 0.2) is 42.6 Å². The summed E-state index contributed by atoms with van der Waals surface area (Å²) in [6, 6.07) is 10.1. The molecule has 3 nitrogen and oxygen atoms in total. The van der Waals surface area contributed by atoms with E-state index in [1.807, 2.05) is 0 Å². The lowest BCUT2D eigenvalue weighted by molar-refractivity contribution is 0.104. The average molecular weight is 385 g/mol. The van der Waals surface area contributed by atoms with E-state index in [9.17, 15) is 9.90 Å². The van der Waals surface area contributed by atoms with E-state index < -0.39 is 0 Å². The topological polar surface area (TPSA) is 50.2 Å². The van der Waals surface area contributed by atoms with Gasteiger partial charge in [0, 0.05) is 10.6 Å². The fourth-order valence-corrected chi connectivity index (χ4v) is 3.56. The maximum Gasteiger partial charge on any atom is 0.202 e. The van der Waals surface area contributed by atoms with Crippen LogP contribution in [0.25, 0.3) is 10.6 Å². The second kappa shape index (κ2) is 6.49. The first kappa shape index (κ1) is 16.3. The Morgan fingerprint density at radius 2 is 1.74 bits per heavy atom. The van der Waals surface area contributed by atoms with E-state index in [-0.39, 0.29) is 21.6 Å². The Bertz CT molecular complexity index is 891. The number of benzene rings is 1. The summed E-state index contributed by atoms with van der Waals surface area (Å²) in [5, 5.41) is 10.5. The molecule has 0 fully saturated rings. The van der Waals surface area contributed by atoms with Crippen LogP contribution in [0.1, 0.15) is 15.2 Å². The number of hydrogen-bond acceptors (Lipinski definition) is 4. The van der Waals surface area contributed by atoms with Gasteiger partial charge in [-0.2, -0.15) is 0 Å². The van der Waals surface area contributed by atoms with Crippen molar-refractivity contribution < 1.29 is 9.90 Å². The number of hydrogen-bond donors (Lipinski definition) is 1. The van der Waals surface area contributed by atoms with E-state index in [4.69, 9.17) is 34.8 Å². The summed E-state index contributed by atoms with van der Waals surface area (Å²) in [6.07, 6.45) is 1.32. The summed E-state index contributed by atoms with van der Waals surface area (Å²) in [5.74, 6) is -0.343. The van der Waals surface area contributed by atoms with Gasteiger partial charge in [-0.25, -0.2) is 0 Å². The Labute approximate surface area is 151 Å². The van der Waals surface area contributed by atoms with Gasteiger partial charge in [-0.1, -0.05) is 34.8 Å². The summed E-state index contributed by atoms with van der Waals surface area (Å²) in [4.78, 5) is 17.8. The Hall–Kier alpha value is -1.59. The number of thiophene rings is 1. The third-order valence-corrected chi connectivity index (χ3v) is 5.10. The van der Waals surface area contributed by atoms with E-state index in [1.165, 1.54) is 17.5 Å². The molecule has 0 spiro atoms. The van der Waals surface area contributed by atoms with Crippen molar-refractivity contribution in [2.45, 2.75) is 0 Å². The van der Waals surface area contributed by atoms with Crippen molar-refractivity contribution in [3.63, 3.8) is 0 Å². The monoisotopic (exact) mass is 383 g/mol. The summed E-state index contributed by atoms with van der Waals surface area (Å²) in [5.41, 5.74) is 0.925. The van der Waals surface area contributed by atoms with Crippen LogP contribution >= 0.6 is 46.1 Å². The molecule has 0 amide bonds. The maximum absolute atomic E-state index is 12.5. The summed E-state index contributed by atoms with van der Waals surface area (Å²) in [6.45, 7) is 0. The van der Waals surface area contributed by atoms with Gasteiger partial charge in [0.1, 0.15) is 15.7 Å². The largest absolute Gasteiger partial charge is 0.505 e. The van der Waals surface area contributed by atoms with Crippen molar-refractivity contribution in [1.29, 1.82) is 0 Å². The second-order valence-electron chi connectivity index (χ2n) is 4.62. The fraction of sp³-hybridized carbons (Fsp3) is 0. The number of pyridine rings is 1. The zero-order chi connectivity index (χ0) is 16.6. The number of ketones is 1. The predicted octanol–water partition coefficient (Wildman–Crippen LogP) is 5.71. The lowest BCUT2D eigenvalue weighted by Gasteiger charge is -2.04. The van der Waals surface area contributed by atoms with Crippen LogP contribution in [0, 0.1) is 0 Å². The molecule has 0 aliphatic carbocycles. The second-order valence-corrected chi connectivity index (χ2v) is 6.92. The Balaban J connectivity index is 1.96. The van der Waals surface area contributed by atoms with Gasteiger partial charge in [0.15, 0.2) is 5.75 Å². The lowest BCUT2D eigenvalue weighted by atomic mass is 10.1. The van der Waals surface area contributed by atoms with Crippen molar-refractivity contribution in [2.24, 2.45) is 0 Å². The molecule has 2 heterocycles. The molecule has 23 heavy (non-hydrogen) atoms. The normalized spacial score (nSPS) is 10.7. The highest BCUT2D eigenvalue weighted by atomic mass is 35.5. The summed E-state index contributed by atoms with van der Waals surface area (Å²) < 4.78 is 0. The first-order valence-electron chi connectivity index (χ1n) is 6.41. The standard InChI is InChI=1S/C16H8Cl3NO2S/c17-9-3-1-8(2-4-9)15(21)12-6-5-11(23-12)14-13(19)16(22)10(18)7-20-14/h1-7H,(H,20,22). The van der Waals surface area contributed by atoms with Crippen molar-refractivity contribution >= 4 is 51.9 Å². The molecular formula is C16H8Cl3NO2S. The number of nitrogens with zero attached hydrogens (tertiary/aromatic N) is 1. The molecule has 3 aromatic rings. The van der Waals surface area contributed by atoms with Crippen molar-refractivity contribution in [3.8, 4) is 16.3 Å². The number of carbonyl (C=O) groups is 1. The maximum atomic E-state index is 12.5. The molecule has 116 valence electrons. The van der Waals surface area contributed by atoms with Crippen LogP contribution in [0.2, 0.25) is 15.1 Å². The van der Waals surface area contributed by atoms with E-state index in [0.717, 1.165) is 0 Å². The summed E-state index contributed by atoms with van der Waals surface area (Å²) >= 11 is 18.9. The Morgan fingerprint density at radius 3 is 2.43 bits per heavy atom. The van der Waals surface area contributed by atoms with Crippen LogP contribution in [0.3, 0.4) is 0 Å². The first-order valence-corrected chi connectivity index (χ1v) is 8.36. The molecule has 0 atom stereocenters. The summed E-state index contributed by atoms with van der Waals surface area (Å²) in [7, 11) is 0. The number of aromatic nitrogens is 1. The van der Waals surface area contributed by atoms with Crippen LogP contribution < -0.4 is 0 Å². The number of halogens is 3. The number of carbonyl (C=O) groups excluding carboxylic acids is 1. The Morgan fingerprint density at radius 1 is 1.04 bits per heavy atom. The van der Waals surface area contributed by atoms with Crippen LogP contribution in [0.5, 0.6) is 5.75 Å². The third kappa shape index (κ3) is 3.21. The number of rotatable bonds is 3. The molecule has 1 N–H and O–H groups in total. The fourth-order valence-electron chi connectivity index (χ4n) is 1.96. The highest BCUT2D eigenvalue weighted by Gasteiger charge is 2.17. The van der Waals surface area contributed by atoms with Crippen molar-refractivity contribution in [2.75, 3.05) is 0 Å². The zero-order valence-corrected chi connectivity index (χ0v) is 14.5. The molecule has 3 rings (SSSR count). The molecule has 0 unspecified atom stereocenters. The molecule has 1 aromatic carbocycles. The predicted molar refractivity (Wildman–Crippen MR) is 94.1 cm³/mol. The quantitative estimate of drug-likeness (QED) is 0.589. The van der Waals surface area contributed by atoms with Gasteiger partial charge in [0.2, 0.25) is 5.78 Å². The highest BCUT2D eigenvalue weighted by Crippen LogP contribution is 2.40. The minimum Gasteiger partial charge on any atom is -0.505 e. The molecule has 0 aliphatic rings. The average Bonchev–Trinajstić information content (AvgIpc) is 3.02. The van der Waals surface area contributed by atoms with Gasteiger partial charge < -0.3 is 5.11 Å². The molecule has 0 radical (unpaired) electrons. The SMILES string of the molecule is O=C(c1ccc(Cl)cc1)c1ccc(-c2ncc(Cl)c(O)c2Cl)s1. The van der Waals surface area contributed by atoms with Crippen LogP contribution in [-0.4, -0.2) is 15.9 Å². The van der Waals surface area contributed by atoms with Gasteiger partial charge in [0.05, 0.1) is 16.0 Å². The van der Waals surface area contributed by atoms with Gasteiger partial charge in [-0.05, 0) is 36.4 Å². The van der Waals surface area contributed by atoms with E-state index in [0.29, 0.717) is 26.0 Å². The van der Waals surface area contributed by atoms with Crippen molar-refractivity contribution in [1.82, 2.24) is 4.98 Å². The first-order chi connectivity index (χ1) is 11.0. The van der Waals surface area contributed by atoms with Gasteiger partial charge in [-0.3, -0.25) is 9.78 Å². The van der Waals surface area contributed by atoms with Crippen molar-refractivity contribution in [3.05, 3.63) is 68.1 Å². The van der Waals surface area contributed by atoms with Gasteiger partial charge in [0.25, 0.3) is 0 Å².